The van der Waals surface area contributed by atoms with Crippen LogP contribution in [0.25, 0.3) is 10.2 Å². The summed E-state index contributed by atoms with van der Waals surface area (Å²) in [7, 11) is 0. The summed E-state index contributed by atoms with van der Waals surface area (Å²) < 4.78 is 1.24. The summed E-state index contributed by atoms with van der Waals surface area (Å²) >= 11 is 6.78. The number of hydrogen-bond acceptors (Lipinski definition) is 3. The van der Waals surface area contributed by atoms with Crippen LogP contribution in [0.2, 0.25) is 0 Å². The third-order valence-corrected chi connectivity index (χ3v) is 2.92. The van der Waals surface area contributed by atoms with Gasteiger partial charge in [0.15, 0.2) is 0 Å². The molecule has 0 unspecified atom stereocenters. The number of nitrogens with zero attached hydrogens (tertiary/aromatic N) is 1. The van der Waals surface area contributed by atoms with Crippen molar-refractivity contribution >= 4 is 38.6 Å². The lowest BCUT2D eigenvalue weighted by molar-refractivity contribution is 1.26. The van der Waals surface area contributed by atoms with Crippen LogP contribution < -0.4 is 0 Å². The van der Waals surface area contributed by atoms with Crippen molar-refractivity contribution in [2.75, 3.05) is 0 Å². The van der Waals surface area contributed by atoms with Gasteiger partial charge in [-0.1, -0.05) is 24.4 Å². The van der Waals surface area contributed by atoms with E-state index in [9.17, 15) is 0 Å². The predicted molar refractivity (Wildman–Crippen MR) is 61.6 cm³/mol. The van der Waals surface area contributed by atoms with E-state index < -0.39 is 0 Å². The average Bonchev–Trinajstić information content (AvgIpc) is 2.44. The normalized spacial score (nSPS) is 10.5. The summed E-state index contributed by atoms with van der Waals surface area (Å²) in [5, 5.41) is 1.12. The van der Waals surface area contributed by atoms with Crippen LogP contribution in [-0.2, 0) is 6.42 Å². The first-order chi connectivity index (χ1) is 6.25. The Balaban J connectivity index is 2.44. The Kier molecular flexibility index (Phi) is 2.38. The van der Waals surface area contributed by atoms with Crippen molar-refractivity contribution in [3.8, 4) is 0 Å². The summed E-state index contributed by atoms with van der Waals surface area (Å²) in [6.45, 7) is 1.96. The molecular formula is C10H9NS2. The maximum Gasteiger partial charge on any atom is 0.0987 e. The average molecular weight is 207 g/mol. The first-order valence-corrected chi connectivity index (χ1v) is 5.32. The van der Waals surface area contributed by atoms with E-state index in [4.69, 9.17) is 12.2 Å². The molecule has 1 aromatic heterocycles. The van der Waals surface area contributed by atoms with Crippen molar-refractivity contribution in [3.63, 3.8) is 0 Å². The second-order valence-corrected chi connectivity index (χ2v) is 4.77. The van der Waals surface area contributed by atoms with E-state index in [-0.39, 0.29) is 0 Å². The van der Waals surface area contributed by atoms with Crippen LogP contribution in [-0.4, -0.2) is 9.85 Å². The number of rotatable bonds is 2. The first kappa shape index (κ1) is 8.78. The molecule has 0 spiro atoms. The monoisotopic (exact) mass is 207 g/mol. The van der Waals surface area contributed by atoms with E-state index in [0.717, 1.165) is 21.8 Å². The second kappa shape index (κ2) is 3.52. The molecule has 0 aliphatic carbocycles. The Morgan fingerprint density at radius 1 is 1.46 bits per heavy atom. The number of para-hydroxylation sites is 1. The quantitative estimate of drug-likeness (QED) is 0.701. The highest BCUT2D eigenvalue weighted by Gasteiger charge is 2.02. The third-order valence-electron chi connectivity index (χ3n) is 1.74. The Labute approximate surface area is 86.4 Å². The fraction of sp³-hybridized carbons (Fsp3) is 0.200. The lowest BCUT2D eigenvalue weighted by atomic mass is 10.3. The molecular weight excluding hydrogens is 198 g/mol. The highest BCUT2D eigenvalue weighted by molar-refractivity contribution is 7.80. The Morgan fingerprint density at radius 2 is 2.23 bits per heavy atom. The topological polar surface area (TPSA) is 12.9 Å². The van der Waals surface area contributed by atoms with Gasteiger partial charge >= 0.3 is 0 Å². The van der Waals surface area contributed by atoms with Crippen LogP contribution in [0.4, 0.5) is 0 Å². The summed E-state index contributed by atoms with van der Waals surface area (Å²) in [5.41, 5.74) is 1.08. The molecule has 1 aromatic carbocycles. The van der Waals surface area contributed by atoms with E-state index in [1.54, 1.807) is 11.3 Å². The predicted octanol–water partition coefficient (Wildman–Crippen LogP) is 3.23. The van der Waals surface area contributed by atoms with Crippen LogP contribution in [0.15, 0.2) is 24.3 Å². The fourth-order valence-corrected chi connectivity index (χ4v) is 2.49. The largest absolute Gasteiger partial charge is 0.241 e. The van der Waals surface area contributed by atoms with Gasteiger partial charge in [0.2, 0.25) is 0 Å². The van der Waals surface area contributed by atoms with Crippen molar-refractivity contribution in [2.24, 2.45) is 0 Å². The number of benzene rings is 1. The summed E-state index contributed by atoms with van der Waals surface area (Å²) in [5.74, 6) is 0. The van der Waals surface area contributed by atoms with E-state index in [0.29, 0.717) is 0 Å². The summed E-state index contributed by atoms with van der Waals surface area (Å²) in [4.78, 5) is 5.48. The number of thiazole rings is 1. The maximum atomic E-state index is 5.05. The maximum absolute atomic E-state index is 5.05. The summed E-state index contributed by atoms with van der Waals surface area (Å²) in [6, 6.07) is 8.17. The lowest BCUT2D eigenvalue weighted by Gasteiger charge is -1.88. The zero-order chi connectivity index (χ0) is 9.26. The van der Waals surface area contributed by atoms with Crippen LogP contribution in [0.1, 0.15) is 11.9 Å². The van der Waals surface area contributed by atoms with Crippen molar-refractivity contribution in [3.05, 3.63) is 29.3 Å². The number of aromatic nitrogens is 1. The van der Waals surface area contributed by atoms with Crippen LogP contribution in [0, 0.1) is 0 Å². The molecule has 3 heteroatoms. The number of hydrogen-bond donors (Lipinski definition) is 0. The standard InChI is InChI=1S/C10H9NS2/c1-7(12)6-10-11-8-4-2-3-5-9(8)13-10/h2-5H,6H2,1H3. The number of thiocarbonyl (C=S) groups is 1. The molecule has 0 fully saturated rings. The molecule has 0 aliphatic heterocycles. The third kappa shape index (κ3) is 1.92. The Morgan fingerprint density at radius 3 is 2.92 bits per heavy atom. The molecule has 1 nitrogen and oxygen atoms in total. The highest BCUT2D eigenvalue weighted by Crippen LogP contribution is 2.21. The van der Waals surface area contributed by atoms with Gasteiger partial charge in [-0.05, 0) is 23.9 Å². The first-order valence-electron chi connectivity index (χ1n) is 4.09. The van der Waals surface area contributed by atoms with Crippen molar-refractivity contribution < 1.29 is 0 Å². The molecule has 0 atom stereocenters. The van der Waals surface area contributed by atoms with Crippen molar-refractivity contribution in [2.45, 2.75) is 13.3 Å². The highest BCUT2D eigenvalue weighted by atomic mass is 32.1. The zero-order valence-electron chi connectivity index (χ0n) is 7.28. The lowest BCUT2D eigenvalue weighted by Crippen LogP contribution is -1.91. The van der Waals surface area contributed by atoms with Gasteiger partial charge in [-0.3, -0.25) is 0 Å². The fourth-order valence-electron chi connectivity index (χ4n) is 1.21. The van der Waals surface area contributed by atoms with Crippen LogP contribution >= 0.6 is 23.6 Å². The molecule has 2 rings (SSSR count). The van der Waals surface area contributed by atoms with E-state index >= 15 is 0 Å². The Bertz CT molecular complexity index is 412. The van der Waals surface area contributed by atoms with Crippen molar-refractivity contribution in [1.82, 2.24) is 4.98 Å². The SMILES string of the molecule is CC(=S)Cc1nc2ccccc2s1. The minimum Gasteiger partial charge on any atom is -0.241 e. The van der Waals surface area contributed by atoms with E-state index in [1.165, 1.54) is 4.70 Å². The molecule has 2 aromatic rings. The van der Waals surface area contributed by atoms with Gasteiger partial charge in [0.25, 0.3) is 0 Å². The second-order valence-electron chi connectivity index (χ2n) is 2.95. The van der Waals surface area contributed by atoms with Crippen LogP contribution in [0.5, 0.6) is 0 Å². The van der Waals surface area contributed by atoms with Gasteiger partial charge < -0.3 is 0 Å². The molecule has 0 radical (unpaired) electrons. The minimum absolute atomic E-state index is 0.828. The molecule has 0 amide bonds. The van der Waals surface area contributed by atoms with Crippen molar-refractivity contribution in [1.29, 1.82) is 0 Å². The number of fused-ring (bicyclic) bond motifs is 1. The smallest absolute Gasteiger partial charge is 0.0987 e. The molecule has 0 saturated heterocycles. The molecule has 66 valence electrons. The zero-order valence-corrected chi connectivity index (χ0v) is 8.91. The van der Waals surface area contributed by atoms with Gasteiger partial charge in [0, 0.05) is 6.42 Å². The molecule has 0 N–H and O–H groups in total. The van der Waals surface area contributed by atoms with Gasteiger partial charge in [0.1, 0.15) is 0 Å². The van der Waals surface area contributed by atoms with E-state index in [2.05, 4.69) is 11.1 Å². The molecule has 0 bridgehead atoms. The molecule has 13 heavy (non-hydrogen) atoms. The molecule has 1 heterocycles. The summed E-state index contributed by atoms with van der Waals surface area (Å²) in [6.07, 6.45) is 0.828. The van der Waals surface area contributed by atoms with Gasteiger partial charge in [-0.25, -0.2) is 4.98 Å². The molecule has 0 saturated carbocycles. The van der Waals surface area contributed by atoms with Gasteiger partial charge in [-0.2, -0.15) is 0 Å². The van der Waals surface area contributed by atoms with E-state index in [1.807, 2.05) is 25.1 Å². The minimum atomic E-state index is 0.828. The van der Waals surface area contributed by atoms with Crippen LogP contribution in [0.3, 0.4) is 0 Å². The molecule has 0 aliphatic rings. The van der Waals surface area contributed by atoms with Gasteiger partial charge in [-0.15, -0.1) is 11.3 Å². The Hall–Kier alpha value is -0.800. The van der Waals surface area contributed by atoms with Gasteiger partial charge in [0.05, 0.1) is 15.2 Å².